The standard InChI is InChI=1S/C14H17N3O2S2/c1-2-11-5-7-14(10-16,8-6-11)17-21(18,19)13-4-3-12(9-15)20-13/h3-4,11,17H,2,5-8H2,1H3. The van der Waals surface area contributed by atoms with E-state index in [0.717, 1.165) is 30.6 Å². The summed E-state index contributed by atoms with van der Waals surface area (Å²) in [7, 11) is -3.75. The maximum atomic E-state index is 12.4. The zero-order chi connectivity index (χ0) is 15.5. The van der Waals surface area contributed by atoms with Gasteiger partial charge in [0, 0.05) is 0 Å². The maximum absolute atomic E-state index is 12.4. The number of hydrogen-bond acceptors (Lipinski definition) is 5. The molecule has 0 radical (unpaired) electrons. The summed E-state index contributed by atoms with van der Waals surface area (Å²) in [4.78, 5) is 0.344. The minimum atomic E-state index is -3.75. The van der Waals surface area contributed by atoms with Gasteiger partial charge in [0.25, 0.3) is 10.0 Å². The molecule has 1 N–H and O–H groups in total. The van der Waals surface area contributed by atoms with Crippen molar-refractivity contribution in [3.8, 4) is 12.1 Å². The van der Waals surface area contributed by atoms with Crippen molar-refractivity contribution in [2.75, 3.05) is 0 Å². The Hall–Kier alpha value is -1.41. The van der Waals surface area contributed by atoms with Crippen molar-refractivity contribution in [1.82, 2.24) is 4.72 Å². The van der Waals surface area contributed by atoms with Gasteiger partial charge in [-0.1, -0.05) is 13.3 Å². The second kappa shape index (κ2) is 6.15. The van der Waals surface area contributed by atoms with Gasteiger partial charge in [-0.2, -0.15) is 15.2 Å². The van der Waals surface area contributed by atoms with E-state index in [2.05, 4.69) is 17.7 Å². The van der Waals surface area contributed by atoms with E-state index in [1.165, 1.54) is 12.1 Å². The van der Waals surface area contributed by atoms with Crippen LogP contribution in [0.15, 0.2) is 16.3 Å². The molecule has 0 spiro atoms. The van der Waals surface area contributed by atoms with Gasteiger partial charge in [-0.25, -0.2) is 8.42 Å². The van der Waals surface area contributed by atoms with Crippen LogP contribution < -0.4 is 4.72 Å². The monoisotopic (exact) mass is 323 g/mol. The van der Waals surface area contributed by atoms with Crippen molar-refractivity contribution < 1.29 is 8.42 Å². The molecule has 0 amide bonds. The molecule has 1 aliphatic carbocycles. The topological polar surface area (TPSA) is 93.8 Å². The van der Waals surface area contributed by atoms with Crippen molar-refractivity contribution in [1.29, 1.82) is 10.5 Å². The molecular weight excluding hydrogens is 306 g/mol. The van der Waals surface area contributed by atoms with Crippen LogP contribution in [0.5, 0.6) is 0 Å². The number of rotatable bonds is 4. The molecule has 0 aromatic carbocycles. The molecule has 1 aromatic heterocycles. The maximum Gasteiger partial charge on any atom is 0.251 e. The van der Waals surface area contributed by atoms with E-state index >= 15 is 0 Å². The van der Waals surface area contributed by atoms with E-state index in [1.54, 1.807) is 0 Å². The average Bonchev–Trinajstić information content (AvgIpc) is 2.97. The summed E-state index contributed by atoms with van der Waals surface area (Å²) in [5, 5.41) is 18.2. The Morgan fingerprint density at radius 3 is 2.52 bits per heavy atom. The lowest BCUT2D eigenvalue weighted by Crippen LogP contribution is -2.49. The van der Waals surface area contributed by atoms with Gasteiger partial charge in [-0.05, 0) is 43.7 Å². The second-order valence-corrected chi connectivity index (χ2v) is 8.37. The van der Waals surface area contributed by atoms with Gasteiger partial charge in [-0.3, -0.25) is 0 Å². The first-order chi connectivity index (χ1) is 9.94. The lowest BCUT2D eigenvalue weighted by Gasteiger charge is -2.34. The quantitative estimate of drug-likeness (QED) is 0.921. The summed E-state index contributed by atoms with van der Waals surface area (Å²) in [6, 6.07) is 6.97. The highest BCUT2D eigenvalue weighted by Crippen LogP contribution is 2.35. The Morgan fingerprint density at radius 2 is 2.05 bits per heavy atom. The lowest BCUT2D eigenvalue weighted by atomic mass is 9.77. The molecule has 1 aliphatic rings. The average molecular weight is 323 g/mol. The Balaban J connectivity index is 2.19. The highest BCUT2D eigenvalue weighted by Gasteiger charge is 2.39. The van der Waals surface area contributed by atoms with E-state index < -0.39 is 15.6 Å². The minimum Gasteiger partial charge on any atom is -0.206 e. The van der Waals surface area contributed by atoms with Crippen molar-refractivity contribution in [3.63, 3.8) is 0 Å². The number of nitriles is 2. The van der Waals surface area contributed by atoms with E-state index in [1.807, 2.05) is 6.07 Å². The van der Waals surface area contributed by atoms with Crippen molar-refractivity contribution in [3.05, 3.63) is 17.0 Å². The fourth-order valence-corrected chi connectivity index (χ4v) is 5.13. The Morgan fingerprint density at radius 1 is 1.38 bits per heavy atom. The normalized spacial score (nSPS) is 26.0. The molecule has 112 valence electrons. The van der Waals surface area contributed by atoms with E-state index in [4.69, 9.17) is 5.26 Å². The lowest BCUT2D eigenvalue weighted by molar-refractivity contribution is 0.259. The molecule has 0 aliphatic heterocycles. The molecule has 7 heteroatoms. The molecule has 1 saturated carbocycles. The molecule has 0 unspecified atom stereocenters. The molecule has 21 heavy (non-hydrogen) atoms. The molecule has 1 heterocycles. The molecular formula is C14H17N3O2S2. The summed E-state index contributed by atoms with van der Waals surface area (Å²) >= 11 is 0.922. The predicted molar refractivity (Wildman–Crippen MR) is 79.9 cm³/mol. The van der Waals surface area contributed by atoms with Gasteiger partial charge in [-0.15, -0.1) is 11.3 Å². The van der Waals surface area contributed by atoms with Crippen LogP contribution in [0.25, 0.3) is 0 Å². The number of thiophene rings is 1. The first-order valence-electron chi connectivity index (χ1n) is 6.90. The van der Waals surface area contributed by atoms with Gasteiger partial charge in [0.2, 0.25) is 0 Å². The van der Waals surface area contributed by atoms with Crippen molar-refractivity contribution >= 4 is 21.4 Å². The van der Waals surface area contributed by atoms with Gasteiger partial charge < -0.3 is 0 Å². The van der Waals surface area contributed by atoms with Crippen LogP contribution in [0, 0.1) is 28.6 Å². The van der Waals surface area contributed by atoms with Crippen LogP contribution in [0.4, 0.5) is 0 Å². The fraction of sp³-hybridized carbons (Fsp3) is 0.571. The van der Waals surface area contributed by atoms with Crippen LogP contribution in [0.1, 0.15) is 43.9 Å². The number of hydrogen-bond donors (Lipinski definition) is 1. The SMILES string of the molecule is CCC1CCC(C#N)(NS(=O)(=O)c2ccc(C#N)s2)CC1. The van der Waals surface area contributed by atoms with Gasteiger partial charge >= 0.3 is 0 Å². The zero-order valence-corrected chi connectivity index (χ0v) is 13.4. The summed E-state index contributed by atoms with van der Waals surface area (Å²) in [5.41, 5.74) is -1.01. The first-order valence-corrected chi connectivity index (χ1v) is 9.20. The Labute approximate surface area is 129 Å². The third kappa shape index (κ3) is 3.44. The predicted octanol–water partition coefficient (Wildman–Crippen LogP) is 2.76. The third-order valence-electron chi connectivity index (χ3n) is 4.04. The van der Waals surface area contributed by atoms with Crippen LogP contribution in [0.2, 0.25) is 0 Å². The van der Waals surface area contributed by atoms with E-state index in [-0.39, 0.29) is 4.21 Å². The molecule has 0 saturated heterocycles. The summed E-state index contributed by atoms with van der Waals surface area (Å²) in [6.45, 7) is 2.11. The van der Waals surface area contributed by atoms with Gasteiger partial charge in [0.15, 0.2) is 0 Å². The molecule has 2 rings (SSSR count). The van der Waals surface area contributed by atoms with Crippen molar-refractivity contribution in [2.24, 2.45) is 5.92 Å². The molecule has 1 aromatic rings. The molecule has 1 fully saturated rings. The molecule has 0 atom stereocenters. The van der Waals surface area contributed by atoms with Gasteiger partial charge in [0.05, 0.1) is 6.07 Å². The van der Waals surface area contributed by atoms with Crippen LogP contribution in [-0.2, 0) is 10.0 Å². The number of sulfonamides is 1. The Bertz CT molecular complexity index is 687. The van der Waals surface area contributed by atoms with Gasteiger partial charge in [0.1, 0.15) is 20.7 Å². The summed E-state index contributed by atoms with van der Waals surface area (Å²) in [6.07, 6.45) is 3.86. The third-order valence-corrected chi connectivity index (χ3v) is 7.05. The Kier molecular flexibility index (Phi) is 4.67. The van der Waals surface area contributed by atoms with Crippen LogP contribution in [-0.4, -0.2) is 14.0 Å². The smallest absolute Gasteiger partial charge is 0.206 e. The fourth-order valence-electron chi connectivity index (χ4n) is 2.65. The van der Waals surface area contributed by atoms with Crippen molar-refractivity contribution in [2.45, 2.75) is 48.8 Å². The van der Waals surface area contributed by atoms with Crippen LogP contribution >= 0.6 is 11.3 Å². The zero-order valence-electron chi connectivity index (χ0n) is 11.8. The first kappa shape index (κ1) is 16.0. The molecule has 0 bridgehead atoms. The number of nitrogens with one attached hydrogen (secondary N) is 1. The summed E-state index contributed by atoms with van der Waals surface area (Å²) < 4.78 is 27.4. The van der Waals surface area contributed by atoms with Crippen LogP contribution in [0.3, 0.4) is 0 Å². The highest BCUT2D eigenvalue weighted by molar-refractivity contribution is 7.91. The largest absolute Gasteiger partial charge is 0.251 e. The second-order valence-electron chi connectivity index (χ2n) is 5.38. The highest BCUT2D eigenvalue weighted by atomic mass is 32.2. The summed E-state index contributed by atoms with van der Waals surface area (Å²) in [5.74, 6) is 0.572. The molecule has 5 nitrogen and oxygen atoms in total. The van der Waals surface area contributed by atoms with E-state index in [9.17, 15) is 13.7 Å². The minimum absolute atomic E-state index is 0.0892. The van der Waals surface area contributed by atoms with E-state index in [0.29, 0.717) is 23.6 Å². The number of nitrogens with zero attached hydrogens (tertiary/aromatic N) is 2.